The lowest BCUT2D eigenvalue weighted by atomic mass is 9.90. The Morgan fingerprint density at radius 3 is 1.80 bits per heavy atom. The molecule has 0 aliphatic carbocycles. The average molecular weight is 776 g/mol. The van der Waals surface area contributed by atoms with E-state index < -0.39 is 90.6 Å². The molecular formula is C55H40N4. The molecule has 0 radical (unpaired) electrons. The zero-order chi connectivity index (χ0) is 55.7. The van der Waals surface area contributed by atoms with Gasteiger partial charge in [-0.3, -0.25) is 4.57 Å². The summed E-state index contributed by atoms with van der Waals surface area (Å²) in [6.07, 6.45) is 1.98. The number of pyridine rings is 1. The van der Waals surface area contributed by atoms with Crippen LogP contribution >= 0.6 is 0 Å². The highest BCUT2D eigenvalue weighted by molar-refractivity contribution is 6.09. The van der Waals surface area contributed by atoms with Gasteiger partial charge in [0.1, 0.15) is 12.5 Å². The summed E-state index contributed by atoms with van der Waals surface area (Å²) in [4.78, 5) is 8.24. The molecule has 2 aromatic heterocycles. The van der Waals surface area contributed by atoms with Crippen LogP contribution in [0.1, 0.15) is 37.2 Å². The molecule has 0 atom stereocenters. The van der Waals surface area contributed by atoms with Crippen molar-refractivity contribution in [2.45, 2.75) is 6.42 Å². The summed E-state index contributed by atoms with van der Waals surface area (Å²) in [6, 6.07) is 17.2. The van der Waals surface area contributed by atoms with Crippen molar-refractivity contribution in [3.8, 4) is 39.2 Å². The van der Waals surface area contributed by atoms with Gasteiger partial charge in [0.15, 0.2) is 0 Å². The lowest BCUT2D eigenvalue weighted by Crippen LogP contribution is -2.25. The minimum Gasteiger partial charge on any atom is -0.321 e. The van der Waals surface area contributed by atoms with E-state index in [2.05, 4.69) is 4.98 Å². The van der Waals surface area contributed by atoms with Gasteiger partial charge >= 0.3 is 0 Å². The van der Waals surface area contributed by atoms with Crippen LogP contribution in [0.2, 0.25) is 0 Å². The fraction of sp³-hybridized carbons (Fsp3) is 0.0364. The van der Waals surface area contributed by atoms with E-state index in [1.165, 1.54) is 12.1 Å². The minimum atomic E-state index is -0.710. The van der Waals surface area contributed by atoms with E-state index in [9.17, 15) is 5.48 Å². The normalized spacial score (nSPS) is 16.8. The fourth-order valence-electron chi connectivity index (χ4n) is 7.91. The van der Waals surface area contributed by atoms with Crippen molar-refractivity contribution in [2.75, 3.05) is 16.5 Å². The molecule has 3 heterocycles. The van der Waals surface area contributed by atoms with E-state index in [-0.39, 0.29) is 69.9 Å². The molecule has 1 aliphatic rings. The lowest BCUT2D eigenvalue weighted by Gasteiger charge is -2.28. The molecule has 0 bridgehead atoms. The zero-order valence-corrected chi connectivity index (χ0v) is 31.0. The highest BCUT2D eigenvalue weighted by Gasteiger charge is 2.32. The highest BCUT2D eigenvalue weighted by Crippen LogP contribution is 2.51. The fourth-order valence-corrected chi connectivity index (χ4v) is 7.91. The lowest BCUT2D eigenvalue weighted by molar-refractivity contribution is 0.990. The molecule has 0 saturated heterocycles. The second-order valence-electron chi connectivity index (χ2n) is 13.9. The molecule has 1 aliphatic heterocycles. The number of aromatic nitrogens is 2. The SMILES string of the molecule is [2H]c1c([2H])c([2H])c(-c2cc(-c3c([2H])c([2H])c([2H])c([2H])c3[2H])c(N3CN(c4cccc(Cc5ccc6c7c([2H])c([2H])c([2H])c([2H])c7n(-c7ccccn7)c6c5)c4)c4ccccc43)c(-c3c([2H])c([2H])c([2H])c([2H])c3[2H])c2)c([2H])c1[2H]. The van der Waals surface area contributed by atoms with Gasteiger partial charge in [-0.25, -0.2) is 4.98 Å². The maximum absolute atomic E-state index is 9.30. The molecule has 280 valence electrons. The molecule has 0 fully saturated rings. The van der Waals surface area contributed by atoms with Crippen LogP contribution in [0.5, 0.6) is 0 Å². The Kier molecular flexibility index (Phi) is 5.01. The first-order valence-corrected chi connectivity index (χ1v) is 18.7. The summed E-state index contributed by atoms with van der Waals surface area (Å²) in [5.74, 6) is 0.465. The number of anilines is 4. The van der Waals surface area contributed by atoms with Gasteiger partial charge in [0.05, 0.1) is 54.1 Å². The topological polar surface area (TPSA) is 24.3 Å². The number of nitrogens with zero attached hydrogens (tertiary/aromatic N) is 4. The molecule has 4 heteroatoms. The Balaban J connectivity index is 1.12. The van der Waals surface area contributed by atoms with Crippen molar-refractivity contribution in [1.82, 2.24) is 9.55 Å². The Hall–Kier alpha value is -7.69. The predicted molar refractivity (Wildman–Crippen MR) is 246 cm³/mol. The first-order valence-electron chi connectivity index (χ1n) is 28.2. The highest BCUT2D eigenvalue weighted by atomic mass is 15.4. The molecule has 10 aromatic rings. The Morgan fingerprint density at radius 2 is 1.10 bits per heavy atom. The maximum atomic E-state index is 9.30. The van der Waals surface area contributed by atoms with E-state index >= 15 is 0 Å². The standard InChI is InChI=1S/C55H40N4/c1-4-18-41(19-5-1)44-36-48(42-20-6-2-7-21-42)55(49(37-44)43-22-8-3-9-23-43)58-38-57(51-27-12-13-28-52(51)58)45-24-16-17-39(34-45)33-40-30-31-47-46-25-10-11-26-50(46)59(53(47)35-40)54-29-14-15-32-56-54/h1-32,34-37H,33,38H2/i1D,2D,3D,4D,5D,6D,7D,8D,9D,10D,11D,18D,19D,20D,21D,22D,23D,25D,26D. The van der Waals surface area contributed by atoms with Gasteiger partial charge in [-0.2, -0.15) is 0 Å². The summed E-state index contributed by atoms with van der Waals surface area (Å²) in [5.41, 5.74) is 2.91. The molecular weight excluding hydrogens is 717 g/mol. The third-order valence-electron chi connectivity index (χ3n) is 10.4. The van der Waals surface area contributed by atoms with Crippen molar-refractivity contribution in [1.29, 1.82) is 0 Å². The third kappa shape index (κ3) is 6.23. The number of para-hydroxylation sites is 3. The van der Waals surface area contributed by atoms with Gasteiger partial charge in [-0.05, 0) is 100 Å². The van der Waals surface area contributed by atoms with Crippen molar-refractivity contribution in [3.63, 3.8) is 0 Å². The number of hydrogen-bond acceptors (Lipinski definition) is 3. The molecule has 0 unspecified atom stereocenters. The van der Waals surface area contributed by atoms with Crippen LogP contribution in [0.3, 0.4) is 0 Å². The largest absolute Gasteiger partial charge is 0.321 e. The van der Waals surface area contributed by atoms with Crippen LogP contribution in [-0.2, 0) is 6.42 Å². The molecule has 4 nitrogen and oxygen atoms in total. The van der Waals surface area contributed by atoms with E-state index in [1.807, 2.05) is 53.4 Å². The van der Waals surface area contributed by atoms with E-state index in [4.69, 9.17) is 20.6 Å². The van der Waals surface area contributed by atoms with E-state index in [0.29, 0.717) is 51.1 Å². The van der Waals surface area contributed by atoms with Crippen LogP contribution in [0.15, 0.2) is 218 Å². The van der Waals surface area contributed by atoms with E-state index in [0.717, 1.165) is 11.1 Å². The second kappa shape index (κ2) is 14.7. The second-order valence-corrected chi connectivity index (χ2v) is 13.9. The van der Waals surface area contributed by atoms with E-state index in [1.54, 1.807) is 52.1 Å². The smallest absolute Gasteiger partial charge is 0.137 e. The number of benzene rings is 8. The summed E-state index contributed by atoms with van der Waals surface area (Å²) in [6.45, 7) is -0.0782. The third-order valence-corrected chi connectivity index (χ3v) is 10.4. The molecule has 59 heavy (non-hydrogen) atoms. The summed E-state index contributed by atoms with van der Waals surface area (Å²) in [5, 5.41) is 0.974. The summed E-state index contributed by atoms with van der Waals surface area (Å²) < 4.78 is 169. The van der Waals surface area contributed by atoms with Crippen LogP contribution < -0.4 is 9.80 Å². The monoisotopic (exact) mass is 775 g/mol. The van der Waals surface area contributed by atoms with Gasteiger partial charge in [0.25, 0.3) is 0 Å². The molecule has 11 rings (SSSR count). The Morgan fingerprint density at radius 1 is 0.475 bits per heavy atom. The number of fused-ring (bicyclic) bond motifs is 4. The molecule has 8 aromatic carbocycles. The minimum absolute atomic E-state index is 0.0210. The van der Waals surface area contributed by atoms with Gasteiger partial charge in [-0.15, -0.1) is 0 Å². The van der Waals surface area contributed by atoms with Gasteiger partial charge in [0, 0.05) is 33.8 Å². The van der Waals surface area contributed by atoms with Crippen LogP contribution in [0.4, 0.5) is 22.7 Å². The first kappa shape index (κ1) is 20.1. The van der Waals surface area contributed by atoms with Gasteiger partial charge in [-0.1, -0.05) is 151 Å². The van der Waals surface area contributed by atoms with Gasteiger partial charge in [0.2, 0.25) is 0 Å². The zero-order valence-electron chi connectivity index (χ0n) is 50.0. The molecule has 0 saturated carbocycles. The number of hydrogen-bond donors (Lipinski definition) is 0. The van der Waals surface area contributed by atoms with Crippen LogP contribution in [0.25, 0.3) is 61.0 Å². The Bertz CT molecular complexity index is 4060. The average Bonchev–Trinajstić information content (AvgIpc) is 4.12. The molecule has 0 amide bonds. The predicted octanol–water partition coefficient (Wildman–Crippen LogP) is 14.0. The van der Waals surface area contributed by atoms with Crippen molar-refractivity contribution < 1.29 is 26.0 Å². The molecule has 0 spiro atoms. The maximum Gasteiger partial charge on any atom is 0.137 e. The van der Waals surface area contributed by atoms with Crippen LogP contribution in [-0.4, -0.2) is 16.2 Å². The van der Waals surface area contributed by atoms with Gasteiger partial charge < -0.3 is 9.80 Å². The van der Waals surface area contributed by atoms with Crippen molar-refractivity contribution in [2.24, 2.45) is 0 Å². The molecule has 0 N–H and O–H groups in total. The quantitative estimate of drug-likeness (QED) is 0.154. The Labute approximate surface area is 371 Å². The van der Waals surface area contributed by atoms with Crippen molar-refractivity contribution >= 4 is 44.6 Å². The summed E-state index contributed by atoms with van der Waals surface area (Å²) in [7, 11) is 0. The summed E-state index contributed by atoms with van der Waals surface area (Å²) >= 11 is 0. The number of rotatable bonds is 8. The van der Waals surface area contributed by atoms with Crippen molar-refractivity contribution in [3.05, 3.63) is 229 Å². The first-order chi connectivity index (χ1) is 37.1. The van der Waals surface area contributed by atoms with Crippen LogP contribution in [0, 0.1) is 0 Å².